The van der Waals surface area contributed by atoms with Crippen LogP contribution in [0.1, 0.15) is 36.7 Å². The molecule has 1 saturated carbocycles. The summed E-state index contributed by atoms with van der Waals surface area (Å²) >= 11 is 0. The van der Waals surface area contributed by atoms with Crippen LogP contribution in [0.25, 0.3) is 0 Å². The highest BCUT2D eigenvalue weighted by molar-refractivity contribution is 5.91. The van der Waals surface area contributed by atoms with Gasteiger partial charge in [-0.05, 0) is 25.7 Å². The van der Waals surface area contributed by atoms with Gasteiger partial charge in [-0.15, -0.1) is 0 Å². The van der Waals surface area contributed by atoms with Crippen LogP contribution < -0.4 is 5.32 Å². The van der Waals surface area contributed by atoms with E-state index in [9.17, 15) is 4.79 Å². The van der Waals surface area contributed by atoms with Gasteiger partial charge in [0.25, 0.3) is 5.91 Å². The highest BCUT2D eigenvalue weighted by Gasteiger charge is 2.22. The number of carbonyl (C=O) groups is 1. The van der Waals surface area contributed by atoms with Crippen molar-refractivity contribution in [1.82, 2.24) is 14.9 Å². The Morgan fingerprint density at radius 2 is 2.22 bits per heavy atom. The number of nitrogens with one attached hydrogen (secondary N) is 1. The van der Waals surface area contributed by atoms with Crippen molar-refractivity contribution in [1.29, 1.82) is 0 Å². The molecule has 0 saturated heterocycles. The normalized spacial score (nSPS) is 15.0. The summed E-state index contributed by atoms with van der Waals surface area (Å²) < 4.78 is 0. The molecule has 1 aliphatic carbocycles. The monoisotopic (exact) mass is 248 g/mol. The van der Waals surface area contributed by atoms with Gasteiger partial charge in [0.05, 0.1) is 12.4 Å². The Labute approximate surface area is 108 Å². The zero-order chi connectivity index (χ0) is 13.0. The predicted octanol–water partition coefficient (Wildman–Crippen LogP) is 1.78. The first-order chi connectivity index (χ1) is 8.70. The van der Waals surface area contributed by atoms with Gasteiger partial charge in [-0.25, -0.2) is 9.97 Å². The molecule has 5 nitrogen and oxygen atoms in total. The van der Waals surface area contributed by atoms with E-state index in [1.165, 1.54) is 25.5 Å². The van der Waals surface area contributed by atoms with Crippen LogP contribution in [-0.4, -0.2) is 40.9 Å². The fourth-order valence-electron chi connectivity index (χ4n) is 2.05. The lowest BCUT2D eigenvalue weighted by atomic mass is 9.85. The van der Waals surface area contributed by atoms with Crippen LogP contribution in [0.4, 0.5) is 5.82 Å². The van der Waals surface area contributed by atoms with E-state index in [0.717, 1.165) is 13.1 Å². The fourth-order valence-corrected chi connectivity index (χ4v) is 2.05. The molecule has 18 heavy (non-hydrogen) atoms. The summed E-state index contributed by atoms with van der Waals surface area (Å²) in [6, 6.07) is 0. The summed E-state index contributed by atoms with van der Waals surface area (Å²) in [6.07, 6.45) is 6.92. The molecule has 0 aromatic carbocycles. The van der Waals surface area contributed by atoms with E-state index in [4.69, 9.17) is 0 Å². The molecule has 0 spiro atoms. The van der Waals surface area contributed by atoms with Crippen LogP contribution in [0.5, 0.6) is 0 Å². The molecule has 1 aromatic rings. The van der Waals surface area contributed by atoms with Gasteiger partial charge in [-0.1, -0.05) is 6.42 Å². The second kappa shape index (κ2) is 5.80. The number of amides is 1. The van der Waals surface area contributed by atoms with Gasteiger partial charge in [0.15, 0.2) is 0 Å². The maximum absolute atomic E-state index is 12.1. The summed E-state index contributed by atoms with van der Waals surface area (Å²) in [5.41, 5.74) is 0.415. The first-order valence-corrected chi connectivity index (χ1v) is 6.52. The molecule has 1 heterocycles. The molecule has 98 valence electrons. The average molecular weight is 248 g/mol. The van der Waals surface area contributed by atoms with E-state index in [1.54, 1.807) is 11.1 Å². The van der Waals surface area contributed by atoms with Crippen LogP contribution in [0.2, 0.25) is 0 Å². The highest BCUT2D eigenvalue weighted by Crippen LogP contribution is 2.26. The molecule has 0 radical (unpaired) electrons. The quantitative estimate of drug-likeness (QED) is 0.863. The molecule has 2 rings (SSSR count). The van der Waals surface area contributed by atoms with Gasteiger partial charge in [0.2, 0.25) is 0 Å². The van der Waals surface area contributed by atoms with E-state index in [-0.39, 0.29) is 5.91 Å². The summed E-state index contributed by atoms with van der Waals surface area (Å²) in [5.74, 6) is 1.33. The van der Waals surface area contributed by atoms with Gasteiger partial charge in [-0.2, -0.15) is 0 Å². The summed E-state index contributed by atoms with van der Waals surface area (Å²) in [4.78, 5) is 22.2. The van der Waals surface area contributed by atoms with Crippen LogP contribution >= 0.6 is 0 Å². The van der Waals surface area contributed by atoms with Gasteiger partial charge in [0, 0.05) is 20.1 Å². The average Bonchev–Trinajstić information content (AvgIpc) is 2.34. The Balaban J connectivity index is 1.94. The van der Waals surface area contributed by atoms with Crippen molar-refractivity contribution < 1.29 is 4.79 Å². The van der Waals surface area contributed by atoms with Crippen LogP contribution in [0.15, 0.2) is 12.4 Å². The van der Waals surface area contributed by atoms with Crippen molar-refractivity contribution >= 4 is 11.7 Å². The Kier molecular flexibility index (Phi) is 4.12. The second-order valence-electron chi connectivity index (χ2n) is 4.80. The number of rotatable bonds is 5. The molecule has 1 N–H and O–H groups in total. The molecule has 0 bridgehead atoms. The van der Waals surface area contributed by atoms with Crippen molar-refractivity contribution in [2.45, 2.75) is 26.2 Å². The molecular formula is C13H20N4O. The van der Waals surface area contributed by atoms with Crippen molar-refractivity contribution in [3.8, 4) is 0 Å². The van der Waals surface area contributed by atoms with E-state index in [0.29, 0.717) is 17.4 Å². The Morgan fingerprint density at radius 1 is 1.44 bits per heavy atom. The summed E-state index contributed by atoms with van der Waals surface area (Å²) in [5, 5.41) is 3.05. The highest BCUT2D eigenvalue weighted by atomic mass is 16.2. The Hall–Kier alpha value is -1.65. The molecule has 5 heteroatoms. The van der Waals surface area contributed by atoms with Gasteiger partial charge < -0.3 is 10.2 Å². The maximum Gasteiger partial charge on any atom is 0.273 e. The third kappa shape index (κ3) is 2.97. The number of nitrogens with zero attached hydrogens (tertiary/aromatic N) is 3. The van der Waals surface area contributed by atoms with Crippen molar-refractivity contribution in [3.63, 3.8) is 0 Å². The number of carbonyl (C=O) groups excluding carboxylic acids is 1. The second-order valence-corrected chi connectivity index (χ2v) is 4.80. The first kappa shape index (κ1) is 12.8. The van der Waals surface area contributed by atoms with Gasteiger partial charge in [-0.3, -0.25) is 4.79 Å². The minimum Gasteiger partial charge on any atom is -0.369 e. The molecule has 1 aliphatic rings. The van der Waals surface area contributed by atoms with E-state index < -0.39 is 0 Å². The minimum absolute atomic E-state index is 0.0440. The lowest BCUT2D eigenvalue weighted by Gasteiger charge is -2.29. The Bertz CT molecular complexity index is 400. The van der Waals surface area contributed by atoms with E-state index >= 15 is 0 Å². The minimum atomic E-state index is -0.0440. The van der Waals surface area contributed by atoms with Crippen molar-refractivity contribution in [2.24, 2.45) is 5.92 Å². The van der Waals surface area contributed by atoms with Crippen molar-refractivity contribution in [3.05, 3.63) is 18.1 Å². The number of aromatic nitrogens is 2. The smallest absolute Gasteiger partial charge is 0.273 e. The van der Waals surface area contributed by atoms with Gasteiger partial charge >= 0.3 is 0 Å². The predicted molar refractivity (Wildman–Crippen MR) is 70.5 cm³/mol. The standard InChI is InChI=1S/C13H20N4O/c1-3-14-12-8-15-11(7-16-12)13(18)17(2)9-10-5-4-6-10/h7-8,10H,3-6,9H2,1-2H3,(H,14,16). The molecule has 0 unspecified atom stereocenters. The van der Waals surface area contributed by atoms with Gasteiger partial charge in [0.1, 0.15) is 11.5 Å². The lowest BCUT2D eigenvalue weighted by molar-refractivity contribution is 0.0739. The number of anilines is 1. The largest absolute Gasteiger partial charge is 0.369 e. The van der Waals surface area contributed by atoms with Crippen LogP contribution in [-0.2, 0) is 0 Å². The molecule has 0 aliphatic heterocycles. The number of hydrogen-bond acceptors (Lipinski definition) is 4. The molecule has 1 fully saturated rings. The topological polar surface area (TPSA) is 58.1 Å². The van der Waals surface area contributed by atoms with E-state index in [2.05, 4.69) is 15.3 Å². The lowest BCUT2D eigenvalue weighted by Crippen LogP contribution is -2.34. The van der Waals surface area contributed by atoms with E-state index in [1.807, 2.05) is 14.0 Å². The molecule has 1 amide bonds. The molecule has 1 aromatic heterocycles. The summed E-state index contributed by atoms with van der Waals surface area (Å²) in [6.45, 7) is 3.62. The number of hydrogen-bond donors (Lipinski definition) is 1. The third-order valence-electron chi connectivity index (χ3n) is 3.33. The third-order valence-corrected chi connectivity index (χ3v) is 3.33. The fraction of sp³-hybridized carbons (Fsp3) is 0.615. The zero-order valence-corrected chi connectivity index (χ0v) is 11.0. The van der Waals surface area contributed by atoms with Crippen LogP contribution in [0, 0.1) is 5.92 Å². The SMILES string of the molecule is CCNc1cnc(C(=O)N(C)CC2CCC2)cn1. The summed E-state index contributed by atoms with van der Waals surface area (Å²) in [7, 11) is 1.83. The molecular weight excluding hydrogens is 228 g/mol. The molecule has 0 atom stereocenters. The first-order valence-electron chi connectivity index (χ1n) is 6.52. The van der Waals surface area contributed by atoms with Crippen molar-refractivity contribution in [2.75, 3.05) is 25.5 Å². The Morgan fingerprint density at radius 3 is 2.72 bits per heavy atom. The van der Waals surface area contributed by atoms with Crippen LogP contribution in [0.3, 0.4) is 0 Å². The zero-order valence-electron chi connectivity index (χ0n) is 11.0. The maximum atomic E-state index is 12.1.